The van der Waals surface area contributed by atoms with Gasteiger partial charge in [-0.05, 0) is 12.1 Å². The van der Waals surface area contributed by atoms with Gasteiger partial charge in [0.15, 0.2) is 0 Å². The van der Waals surface area contributed by atoms with Crippen molar-refractivity contribution < 1.29 is 9.60 Å². The summed E-state index contributed by atoms with van der Waals surface area (Å²) in [6.45, 7) is 0. The van der Waals surface area contributed by atoms with E-state index in [0.717, 1.165) is 6.21 Å². The van der Waals surface area contributed by atoms with Crippen molar-refractivity contribution in [3.8, 4) is 0 Å². The van der Waals surface area contributed by atoms with Gasteiger partial charge < -0.3 is 5.21 Å². The third-order valence-corrected chi connectivity index (χ3v) is 1.52. The minimum absolute atomic E-state index is 0.0941. The molecule has 0 unspecified atom stereocenters. The fraction of sp³-hybridized carbons (Fsp3) is 0. The van der Waals surface area contributed by atoms with E-state index in [4.69, 9.17) is 16.8 Å². The van der Waals surface area contributed by atoms with Crippen molar-refractivity contribution in [2.45, 2.75) is 0 Å². The van der Waals surface area contributed by atoms with Crippen molar-refractivity contribution in [1.29, 1.82) is 0 Å². The Kier molecular flexibility index (Phi) is 2.44. The lowest BCUT2D eigenvalue weighted by molar-refractivity contribution is 0.321. The molecule has 0 radical (unpaired) electrons. The molecule has 0 fully saturated rings. The first-order valence-corrected chi connectivity index (χ1v) is 3.25. The van der Waals surface area contributed by atoms with Crippen LogP contribution in [0.2, 0.25) is 5.02 Å². The highest BCUT2D eigenvalue weighted by atomic mass is 35.5. The number of benzene rings is 1. The van der Waals surface area contributed by atoms with Gasteiger partial charge in [0.25, 0.3) is 0 Å². The molecule has 0 atom stereocenters. The molecule has 0 aliphatic rings. The number of oxime groups is 1. The van der Waals surface area contributed by atoms with Crippen LogP contribution in [0, 0.1) is 5.82 Å². The zero-order chi connectivity index (χ0) is 8.27. The molecule has 11 heavy (non-hydrogen) atoms. The maximum atomic E-state index is 12.8. The van der Waals surface area contributed by atoms with E-state index in [1.165, 1.54) is 18.2 Å². The van der Waals surface area contributed by atoms with Crippen LogP contribution in [0.3, 0.4) is 0 Å². The Morgan fingerprint density at radius 2 is 2.27 bits per heavy atom. The maximum absolute atomic E-state index is 12.8. The van der Waals surface area contributed by atoms with Gasteiger partial charge in [-0.2, -0.15) is 0 Å². The van der Waals surface area contributed by atoms with E-state index in [1.54, 1.807) is 0 Å². The van der Waals surface area contributed by atoms with Crippen LogP contribution in [0.15, 0.2) is 23.4 Å². The van der Waals surface area contributed by atoms with Gasteiger partial charge in [0, 0.05) is 0 Å². The fourth-order valence-corrected chi connectivity index (χ4v) is 0.904. The molecule has 0 saturated heterocycles. The highest BCUT2D eigenvalue weighted by Gasteiger charge is 2.02. The van der Waals surface area contributed by atoms with Crippen LogP contribution in [-0.4, -0.2) is 11.4 Å². The Bertz CT molecular complexity index is 268. The van der Waals surface area contributed by atoms with E-state index in [-0.39, 0.29) is 10.6 Å². The van der Waals surface area contributed by atoms with Crippen molar-refractivity contribution in [3.63, 3.8) is 0 Å². The predicted molar refractivity (Wildman–Crippen MR) is 40.8 cm³/mol. The van der Waals surface area contributed by atoms with Crippen molar-refractivity contribution in [2.24, 2.45) is 5.16 Å². The number of rotatable bonds is 1. The largest absolute Gasteiger partial charge is 0.411 e. The maximum Gasteiger partial charge on any atom is 0.133 e. The summed E-state index contributed by atoms with van der Waals surface area (Å²) in [6, 6.07) is 4.23. The molecule has 0 aliphatic carbocycles. The molecule has 0 bridgehead atoms. The van der Waals surface area contributed by atoms with Gasteiger partial charge in [-0.3, -0.25) is 0 Å². The molecule has 1 N–H and O–H groups in total. The highest BCUT2D eigenvalue weighted by Crippen LogP contribution is 2.16. The van der Waals surface area contributed by atoms with Crippen LogP contribution in [0.5, 0.6) is 0 Å². The molecule has 58 valence electrons. The van der Waals surface area contributed by atoms with Gasteiger partial charge >= 0.3 is 0 Å². The van der Waals surface area contributed by atoms with E-state index in [9.17, 15) is 4.39 Å². The normalized spacial score (nSPS) is 10.7. The molecule has 2 nitrogen and oxygen atoms in total. The summed E-state index contributed by atoms with van der Waals surface area (Å²) in [4.78, 5) is 0. The molecule has 0 amide bonds. The summed E-state index contributed by atoms with van der Waals surface area (Å²) in [5.41, 5.74) is 0.0941. The average molecular weight is 174 g/mol. The van der Waals surface area contributed by atoms with Crippen LogP contribution in [-0.2, 0) is 0 Å². The van der Waals surface area contributed by atoms with Crippen LogP contribution in [0.1, 0.15) is 5.56 Å². The Labute approximate surface area is 67.9 Å². The third kappa shape index (κ3) is 1.68. The molecule has 0 aromatic heterocycles. The first kappa shape index (κ1) is 8.01. The minimum Gasteiger partial charge on any atom is -0.411 e. The summed E-state index contributed by atoms with van der Waals surface area (Å²) in [7, 11) is 0. The molecule has 0 heterocycles. The lowest BCUT2D eigenvalue weighted by atomic mass is 10.2. The second-order valence-electron chi connectivity index (χ2n) is 1.88. The molecular formula is C7H5ClFNO. The minimum atomic E-state index is -0.504. The quantitative estimate of drug-likeness (QED) is 0.395. The van der Waals surface area contributed by atoms with E-state index < -0.39 is 5.82 Å². The first-order chi connectivity index (χ1) is 5.25. The molecule has 0 aliphatic heterocycles. The Hall–Kier alpha value is -1.09. The summed E-state index contributed by atoms with van der Waals surface area (Å²) >= 11 is 5.57. The van der Waals surface area contributed by atoms with Crippen molar-refractivity contribution >= 4 is 17.8 Å². The highest BCUT2D eigenvalue weighted by molar-refractivity contribution is 6.33. The number of nitrogens with zero attached hydrogens (tertiary/aromatic N) is 1. The Morgan fingerprint density at radius 1 is 1.55 bits per heavy atom. The predicted octanol–water partition coefficient (Wildman–Crippen LogP) is 2.29. The van der Waals surface area contributed by atoms with Crippen LogP contribution >= 0.6 is 11.6 Å². The lowest BCUT2D eigenvalue weighted by Crippen LogP contribution is -1.88. The standard InChI is InChI=1S/C7H5ClFNO/c8-6-2-1-3-7(9)5(6)4-10-11/h1-4,11H/b10-4+. The van der Waals surface area contributed by atoms with E-state index in [0.29, 0.717) is 0 Å². The van der Waals surface area contributed by atoms with Gasteiger partial charge in [-0.25, -0.2) is 4.39 Å². The van der Waals surface area contributed by atoms with Crippen molar-refractivity contribution in [1.82, 2.24) is 0 Å². The van der Waals surface area contributed by atoms with E-state index in [1.807, 2.05) is 0 Å². The molecule has 0 spiro atoms. The third-order valence-electron chi connectivity index (χ3n) is 1.19. The zero-order valence-corrected chi connectivity index (χ0v) is 6.22. The van der Waals surface area contributed by atoms with Crippen molar-refractivity contribution in [2.75, 3.05) is 0 Å². The zero-order valence-electron chi connectivity index (χ0n) is 5.46. The van der Waals surface area contributed by atoms with Gasteiger partial charge in [0.1, 0.15) is 5.82 Å². The Balaban J connectivity index is 3.20. The fourth-order valence-electron chi connectivity index (χ4n) is 0.692. The first-order valence-electron chi connectivity index (χ1n) is 2.87. The van der Waals surface area contributed by atoms with Crippen LogP contribution in [0.25, 0.3) is 0 Å². The summed E-state index contributed by atoms with van der Waals surface area (Å²) in [5.74, 6) is -0.504. The lowest BCUT2D eigenvalue weighted by Gasteiger charge is -1.96. The second kappa shape index (κ2) is 3.34. The van der Waals surface area contributed by atoms with Gasteiger partial charge in [0.2, 0.25) is 0 Å². The average Bonchev–Trinajstić information content (AvgIpc) is 1.97. The second-order valence-corrected chi connectivity index (χ2v) is 2.29. The monoisotopic (exact) mass is 173 g/mol. The topological polar surface area (TPSA) is 32.6 Å². The molecular weight excluding hydrogens is 169 g/mol. The number of hydrogen-bond acceptors (Lipinski definition) is 2. The van der Waals surface area contributed by atoms with E-state index >= 15 is 0 Å². The summed E-state index contributed by atoms with van der Waals surface area (Å²) in [5, 5.41) is 11.0. The number of halogens is 2. The SMILES string of the molecule is O/N=C/c1c(F)cccc1Cl. The van der Waals surface area contributed by atoms with E-state index in [2.05, 4.69) is 5.16 Å². The summed E-state index contributed by atoms with van der Waals surface area (Å²) in [6.07, 6.45) is 0.956. The molecule has 1 aromatic rings. The molecule has 0 saturated carbocycles. The molecule has 1 rings (SSSR count). The Morgan fingerprint density at radius 3 is 2.82 bits per heavy atom. The van der Waals surface area contributed by atoms with Crippen LogP contribution in [0.4, 0.5) is 4.39 Å². The summed E-state index contributed by atoms with van der Waals surface area (Å²) < 4.78 is 12.8. The van der Waals surface area contributed by atoms with Gasteiger partial charge in [0.05, 0.1) is 16.8 Å². The van der Waals surface area contributed by atoms with Gasteiger partial charge in [-0.15, -0.1) is 0 Å². The number of hydrogen-bond donors (Lipinski definition) is 1. The van der Waals surface area contributed by atoms with Gasteiger partial charge in [-0.1, -0.05) is 22.8 Å². The van der Waals surface area contributed by atoms with Crippen molar-refractivity contribution in [3.05, 3.63) is 34.6 Å². The smallest absolute Gasteiger partial charge is 0.133 e. The van der Waals surface area contributed by atoms with Crippen LogP contribution < -0.4 is 0 Å². The molecule has 1 aromatic carbocycles. The molecule has 4 heteroatoms.